The minimum absolute atomic E-state index is 0.00416. The molecule has 9 heteroatoms. The van der Waals surface area contributed by atoms with E-state index in [1.165, 1.54) is 24.3 Å². The lowest BCUT2D eigenvalue weighted by Crippen LogP contribution is -2.55. The highest BCUT2D eigenvalue weighted by molar-refractivity contribution is 5.54. The Balaban J connectivity index is 1.69. The van der Waals surface area contributed by atoms with Crippen molar-refractivity contribution in [3.8, 4) is 5.75 Å². The van der Waals surface area contributed by atoms with Gasteiger partial charge in [-0.15, -0.1) is 0 Å². The van der Waals surface area contributed by atoms with Gasteiger partial charge in [0.25, 0.3) is 5.69 Å². The molecule has 0 radical (unpaired) electrons. The van der Waals surface area contributed by atoms with Crippen LogP contribution in [-0.2, 0) is 11.3 Å². The molecule has 3 rings (SSSR count). The van der Waals surface area contributed by atoms with Crippen molar-refractivity contribution in [2.45, 2.75) is 32.5 Å². The third-order valence-electron chi connectivity index (χ3n) is 5.17. The van der Waals surface area contributed by atoms with Crippen molar-refractivity contribution in [2.75, 3.05) is 13.3 Å². The number of ether oxygens (including phenoxy) is 1. The molecule has 0 saturated carbocycles. The van der Waals surface area contributed by atoms with Crippen molar-refractivity contribution >= 4 is 11.6 Å². The van der Waals surface area contributed by atoms with Crippen LogP contribution in [0.15, 0.2) is 48.2 Å². The van der Waals surface area contributed by atoms with Gasteiger partial charge in [0.1, 0.15) is 24.2 Å². The predicted octanol–water partition coefficient (Wildman–Crippen LogP) is 3.52. The molecule has 0 amide bonds. The number of nitro benzene ring substituents is 1. The summed E-state index contributed by atoms with van der Waals surface area (Å²) in [5.41, 5.74) is 0.925. The maximum atomic E-state index is 14.1. The molecular weight excluding hydrogens is 396 g/mol. The monoisotopic (exact) mass is 417 g/mol. The SMILES string of the molecule is C[C@@H]1CN(COc2ccc([N+](=O)[O-])cc2F)[C@@H](C)C(=C=O)N1Cc1ccc(F)cc1. The van der Waals surface area contributed by atoms with Gasteiger partial charge in [-0.25, -0.2) is 13.6 Å². The lowest BCUT2D eigenvalue weighted by atomic mass is 10.0. The highest BCUT2D eigenvalue weighted by Gasteiger charge is 2.34. The molecule has 0 aliphatic carbocycles. The van der Waals surface area contributed by atoms with Crippen molar-refractivity contribution in [3.63, 3.8) is 0 Å². The zero-order valence-electron chi connectivity index (χ0n) is 16.5. The predicted molar refractivity (Wildman–Crippen MR) is 105 cm³/mol. The van der Waals surface area contributed by atoms with Crippen LogP contribution in [0.5, 0.6) is 5.75 Å². The van der Waals surface area contributed by atoms with E-state index in [9.17, 15) is 23.7 Å². The number of hydrogen-bond donors (Lipinski definition) is 0. The minimum atomic E-state index is -0.828. The largest absolute Gasteiger partial charge is 0.475 e. The molecule has 2 atom stereocenters. The number of benzene rings is 2. The second-order valence-electron chi connectivity index (χ2n) is 7.18. The fourth-order valence-electron chi connectivity index (χ4n) is 3.46. The second kappa shape index (κ2) is 9.02. The maximum absolute atomic E-state index is 14.1. The van der Waals surface area contributed by atoms with Gasteiger partial charge in [-0.05, 0) is 37.6 Å². The smallest absolute Gasteiger partial charge is 0.272 e. The van der Waals surface area contributed by atoms with Crippen LogP contribution in [0.3, 0.4) is 0 Å². The summed E-state index contributed by atoms with van der Waals surface area (Å²) in [5.74, 6) is 0.737. The van der Waals surface area contributed by atoms with Gasteiger partial charge in [-0.1, -0.05) is 12.1 Å². The number of rotatable bonds is 6. The van der Waals surface area contributed by atoms with Gasteiger partial charge in [0.05, 0.1) is 17.0 Å². The molecule has 0 unspecified atom stereocenters. The van der Waals surface area contributed by atoms with Crippen LogP contribution >= 0.6 is 0 Å². The third kappa shape index (κ3) is 4.64. The number of nitrogens with zero attached hydrogens (tertiary/aromatic N) is 3. The van der Waals surface area contributed by atoms with Gasteiger partial charge >= 0.3 is 0 Å². The van der Waals surface area contributed by atoms with Crippen molar-refractivity contribution in [1.82, 2.24) is 9.80 Å². The Bertz CT molecular complexity index is 977. The first-order chi connectivity index (χ1) is 14.3. The standard InChI is InChI=1S/C21H21F2N3O4/c1-14-10-24(13-30-21-8-7-18(26(28)29)9-19(21)23)15(2)20(12-27)25(14)11-16-3-5-17(22)6-4-16/h3-9,14-15H,10-11,13H2,1-2H3/t14-,15+/m1/s1. The average molecular weight is 417 g/mol. The molecule has 1 saturated heterocycles. The fourth-order valence-corrected chi connectivity index (χ4v) is 3.46. The zero-order chi connectivity index (χ0) is 21.8. The Morgan fingerprint density at radius 1 is 1.20 bits per heavy atom. The summed E-state index contributed by atoms with van der Waals surface area (Å²) in [7, 11) is 0. The molecule has 1 heterocycles. The summed E-state index contributed by atoms with van der Waals surface area (Å²) < 4.78 is 32.7. The lowest BCUT2D eigenvalue weighted by molar-refractivity contribution is -0.385. The first kappa shape index (κ1) is 21.4. The zero-order valence-corrected chi connectivity index (χ0v) is 16.5. The number of piperazine rings is 1. The Kier molecular flexibility index (Phi) is 6.44. The minimum Gasteiger partial charge on any atom is -0.475 e. The van der Waals surface area contributed by atoms with Gasteiger partial charge in [0.15, 0.2) is 11.6 Å². The van der Waals surface area contributed by atoms with Crippen molar-refractivity contribution in [2.24, 2.45) is 0 Å². The molecule has 158 valence electrons. The molecule has 30 heavy (non-hydrogen) atoms. The summed E-state index contributed by atoms with van der Waals surface area (Å²) in [5, 5.41) is 10.7. The summed E-state index contributed by atoms with van der Waals surface area (Å²) >= 11 is 0. The average Bonchev–Trinajstić information content (AvgIpc) is 2.71. The van der Waals surface area contributed by atoms with Crippen LogP contribution in [0.2, 0.25) is 0 Å². The second-order valence-corrected chi connectivity index (χ2v) is 7.18. The van der Waals surface area contributed by atoms with Crippen LogP contribution in [0.4, 0.5) is 14.5 Å². The summed E-state index contributed by atoms with van der Waals surface area (Å²) in [6, 6.07) is 8.84. The third-order valence-corrected chi connectivity index (χ3v) is 5.17. The summed E-state index contributed by atoms with van der Waals surface area (Å²) in [6.07, 6.45) is 0. The summed E-state index contributed by atoms with van der Waals surface area (Å²) in [4.78, 5) is 25.5. The Hall–Kier alpha value is -3.29. The number of non-ortho nitro benzene ring substituents is 1. The van der Waals surface area contributed by atoms with Crippen molar-refractivity contribution in [1.29, 1.82) is 0 Å². The van der Waals surface area contributed by atoms with E-state index in [1.807, 2.05) is 29.6 Å². The number of nitro groups is 1. The summed E-state index contributed by atoms with van der Waals surface area (Å²) in [6.45, 7) is 4.71. The van der Waals surface area contributed by atoms with Gasteiger partial charge < -0.3 is 9.64 Å². The van der Waals surface area contributed by atoms with E-state index in [0.29, 0.717) is 18.8 Å². The van der Waals surface area contributed by atoms with Crippen molar-refractivity contribution in [3.05, 3.63) is 75.5 Å². The normalized spacial score (nSPS) is 19.5. The number of hydrogen-bond acceptors (Lipinski definition) is 6. The highest BCUT2D eigenvalue weighted by Crippen LogP contribution is 2.27. The van der Waals surface area contributed by atoms with E-state index < -0.39 is 10.7 Å². The van der Waals surface area contributed by atoms with Crippen LogP contribution in [-0.4, -0.2) is 46.0 Å². The van der Waals surface area contributed by atoms with E-state index in [1.54, 1.807) is 12.1 Å². The fraction of sp³-hybridized carbons (Fsp3) is 0.333. The Morgan fingerprint density at radius 2 is 1.90 bits per heavy atom. The number of halogens is 2. The van der Waals surface area contributed by atoms with E-state index in [2.05, 4.69) is 0 Å². The van der Waals surface area contributed by atoms with E-state index in [-0.39, 0.29) is 36.1 Å². The topological polar surface area (TPSA) is 75.9 Å². The molecule has 1 aliphatic heterocycles. The quantitative estimate of drug-likeness (QED) is 0.407. The molecule has 0 N–H and O–H groups in total. The Morgan fingerprint density at radius 3 is 2.50 bits per heavy atom. The number of carbonyl (C=O) groups excluding carboxylic acids is 1. The lowest BCUT2D eigenvalue weighted by Gasteiger charge is -2.45. The highest BCUT2D eigenvalue weighted by atomic mass is 19.1. The molecule has 0 spiro atoms. The molecular formula is C21H21F2N3O4. The Labute approximate surface area is 172 Å². The molecule has 1 aliphatic rings. The van der Waals surface area contributed by atoms with Gasteiger partial charge in [0.2, 0.25) is 0 Å². The van der Waals surface area contributed by atoms with Gasteiger partial charge in [-0.2, -0.15) is 0 Å². The maximum Gasteiger partial charge on any atom is 0.272 e. The first-order valence-electron chi connectivity index (χ1n) is 9.37. The molecule has 2 aromatic rings. The first-order valence-corrected chi connectivity index (χ1v) is 9.37. The van der Waals surface area contributed by atoms with Crippen LogP contribution < -0.4 is 4.74 Å². The van der Waals surface area contributed by atoms with Crippen LogP contribution in [0.25, 0.3) is 0 Å². The van der Waals surface area contributed by atoms with Crippen molar-refractivity contribution < 1.29 is 23.2 Å². The van der Waals surface area contributed by atoms with E-state index in [4.69, 9.17) is 4.74 Å². The van der Waals surface area contributed by atoms with E-state index >= 15 is 0 Å². The molecule has 7 nitrogen and oxygen atoms in total. The van der Waals surface area contributed by atoms with Crippen LogP contribution in [0, 0.1) is 21.7 Å². The molecule has 0 bridgehead atoms. The molecule has 0 aromatic heterocycles. The molecule has 2 aromatic carbocycles. The van der Waals surface area contributed by atoms with Gasteiger partial charge in [-0.3, -0.25) is 15.0 Å². The molecule has 1 fully saturated rings. The van der Waals surface area contributed by atoms with Gasteiger partial charge in [0, 0.05) is 25.2 Å². The van der Waals surface area contributed by atoms with E-state index in [0.717, 1.165) is 11.6 Å². The van der Waals surface area contributed by atoms with Crippen LogP contribution in [0.1, 0.15) is 19.4 Å².